The summed E-state index contributed by atoms with van der Waals surface area (Å²) in [5.74, 6) is 2.68. The van der Waals surface area contributed by atoms with E-state index in [-0.39, 0.29) is 11.9 Å². The fourth-order valence-corrected chi connectivity index (χ4v) is 3.77. The predicted molar refractivity (Wildman–Crippen MR) is 104 cm³/mol. The number of piperidine rings is 1. The van der Waals surface area contributed by atoms with Crippen molar-refractivity contribution in [1.82, 2.24) is 24.9 Å². The average molecular weight is 378 g/mol. The normalized spacial score (nSPS) is 19.8. The zero-order chi connectivity index (χ0) is 19.1. The number of H-pyrrole nitrogens is 1. The molecular formula is C20H22N6O2. The third kappa shape index (κ3) is 3.19. The Labute approximate surface area is 162 Å². The number of aromatic amines is 1. The van der Waals surface area contributed by atoms with E-state index >= 15 is 0 Å². The van der Waals surface area contributed by atoms with Crippen molar-refractivity contribution in [3.05, 3.63) is 30.2 Å². The first-order chi connectivity index (χ1) is 13.7. The molecule has 3 aromatic heterocycles. The second-order valence-corrected chi connectivity index (χ2v) is 7.51. The van der Waals surface area contributed by atoms with Gasteiger partial charge in [-0.15, -0.1) is 0 Å². The van der Waals surface area contributed by atoms with Gasteiger partial charge in [-0.05, 0) is 43.9 Å². The summed E-state index contributed by atoms with van der Waals surface area (Å²) in [7, 11) is 1.44. The molecule has 1 aliphatic heterocycles. The fraction of sp³-hybridized carbons (Fsp3) is 0.450. The summed E-state index contributed by atoms with van der Waals surface area (Å²) in [6.45, 7) is 1.50. The number of rotatable bonds is 4. The Morgan fingerprint density at radius 2 is 2.07 bits per heavy atom. The number of nitrogens with one attached hydrogen (secondary N) is 1. The Bertz CT molecular complexity index is 1030. The molecule has 8 heteroatoms. The number of imidazole rings is 1. The molecule has 144 valence electrons. The van der Waals surface area contributed by atoms with E-state index in [1.54, 1.807) is 6.20 Å². The summed E-state index contributed by atoms with van der Waals surface area (Å²) in [6, 6.07) is 5.83. The van der Waals surface area contributed by atoms with Crippen LogP contribution in [0.15, 0.2) is 24.4 Å². The zero-order valence-electron chi connectivity index (χ0n) is 15.8. The number of anilines is 1. The molecule has 1 N–H and O–H groups in total. The lowest BCUT2D eigenvalue weighted by atomic mass is 9.98. The summed E-state index contributed by atoms with van der Waals surface area (Å²) in [6.07, 6.45) is 5.92. The van der Waals surface area contributed by atoms with Gasteiger partial charge in [0.25, 0.3) is 0 Å². The van der Waals surface area contributed by atoms with Crippen LogP contribution in [-0.2, 0) is 9.53 Å². The van der Waals surface area contributed by atoms with Crippen LogP contribution in [0.2, 0.25) is 0 Å². The number of hydrogen-bond donors (Lipinski definition) is 1. The smallest absolute Gasteiger partial charge is 0.310 e. The number of esters is 1. The number of methoxy groups -OCH3 is 1. The summed E-state index contributed by atoms with van der Waals surface area (Å²) < 4.78 is 4.91. The largest absolute Gasteiger partial charge is 0.469 e. The third-order valence-electron chi connectivity index (χ3n) is 5.47. The van der Waals surface area contributed by atoms with Gasteiger partial charge in [-0.1, -0.05) is 0 Å². The second-order valence-electron chi connectivity index (χ2n) is 7.51. The maximum Gasteiger partial charge on any atom is 0.310 e. The minimum absolute atomic E-state index is 0.104. The summed E-state index contributed by atoms with van der Waals surface area (Å²) in [5.41, 5.74) is 2.31. The van der Waals surface area contributed by atoms with Crippen LogP contribution in [0.5, 0.6) is 0 Å². The fourth-order valence-electron chi connectivity index (χ4n) is 3.77. The molecule has 1 saturated heterocycles. The lowest BCUT2D eigenvalue weighted by Crippen LogP contribution is -2.39. The molecule has 4 heterocycles. The van der Waals surface area contributed by atoms with Gasteiger partial charge < -0.3 is 14.6 Å². The molecule has 1 saturated carbocycles. The highest BCUT2D eigenvalue weighted by Crippen LogP contribution is 2.38. The zero-order valence-corrected chi connectivity index (χ0v) is 15.8. The van der Waals surface area contributed by atoms with Crippen LogP contribution < -0.4 is 4.90 Å². The number of nitrogens with zero attached hydrogens (tertiary/aromatic N) is 5. The molecule has 1 aliphatic carbocycles. The van der Waals surface area contributed by atoms with Crippen molar-refractivity contribution in [2.75, 3.05) is 25.1 Å². The molecule has 2 fully saturated rings. The van der Waals surface area contributed by atoms with Gasteiger partial charge in [0, 0.05) is 25.2 Å². The average Bonchev–Trinajstić information content (AvgIpc) is 3.51. The number of fused-ring (bicyclic) bond motifs is 1. The first kappa shape index (κ1) is 17.1. The Kier molecular flexibility index (Phi) is 4.18. The summed E-state index contributed by atoms with van der Waals surface area (Å²) in [5, 5.41) is 0. The van der Waals surface area contributed by atoms with Crippen molar-refractivity contribution in [2.45, 2.75) is 31.6 Å². The van der Waals surface area contributed by atoms with E-state index in [0.717, 1.165) is 55.1 Å². The van der Waals surface area contributed by atoms with Crippen molar-refractivity contribution in [3.63, 3.8) is 0 Å². The molecule has 8 nitrogen and oxygen atoms in total. The van der Waals surface area contributed by atoms with Crippen LogP contribution in [0, 0.1) is 5.92 Å². The van der Waals surface area contributed by atoms with Gasteiger partial charge >= 0.3 is 5.97 Å². The van der Waals surface area contributed by atoms with Gasteiger partial charge in [0.1, 0.15) is 17.3 Å². The molecule has 0 radical (unpaired) electrons. The second kappa shape index (κ2) is 6.85. The van der Waals surface area contributed by atoms with Gasteiger partial charge in [-0.2, -0.15) is 0 Å². The predicted octanol–water partition coefficient (Wildman–Crippen LogP) is 2.68. The van der Waals surface area contributed by atoms with Gasteiger partial charge in [0.05, 0.1) is 18.5 Å². The topological polar surface area (TPSA) is 96.9 Å². The van der Waals surface area contributed by atoms with Gasteiger partial charge in [0.2, 0.25) is 0 Å². The van der Waals surface area contributed by atoms with Crippen molar-refractivity contribution in [3.8, 4) is 11.5 Å². The van der Waals surface area contributed by atoms with E-state index in [0.29, 0.717) is 23.9 Å². The van der Waals surface area contributed by atoms with Crippen LogP contribution in [0.25, 0.3) is 22.7 Å². The molecule has 5 rings (SSSR count). The number of carbonyl (C=O) groups is 1. The Balaban J connectivity index is 1.42. The number of ether oxygens (including phenoxy) is 1. The van der Waals surface area contributed by atoms with Crippen molar-refractivity contribution in [2.24, 2.45) is 5.92 Å². The minimum Gasteiger partial charge on any atom is -0.469 e. The molecule has 0 aromatic carbocycles. The SMILES string of the molecule is COC(=O)[C@@H]1CCCN(c2ccc3[nH]c(-c4ccnc(C5CC5)n4)nc3n2)C1. The van der Waals surface area contributed by atoms with E-state index in [4.69, 9.17) is 9.72 Å². The number of pyridine rings is 1. The molecule has 28 heavy (non-hydrogen) atoms. The standard InChI is InChI=1S/C20H22N6O2/c1-28-20(27)13-3-2-10-26(11-13)16-7-6-14-19(24-16)25-18(23-14)15-8-9-21-17(22-15)12-4-5-12/h6-9,12-13H,2-5,10-11H2,1H3,(H,23,24,25)/t13-/m1/s1. The molecule has 1 atom stereocenters. The van der Waals surface area contributed by atoms with Crippen molar-refractivity contribution in [1.29, 1.82) is 0 Å². The van der Waals surface area contributed by atoms with E-state index in [2.05, 4.69) is 24.8 Å². The van der Waals surface area contributed by atoms with Crippen LogP contribution >= 0.6 is 0 Å². The third-order valence-corrected chi connectivity index (χ3v) is 5.47. The minimum atomic E-state index is -0.150. The highest BCUT2D eigenvalue weighted by molar-refractivity contribution is 5.77. The molecule has 0 spiro atoms. The molecule has 2 aliphatic rings. The van der Waals surface area contributed by atoms with Crippen LogP contribution in [-0.4, -0.2) is 51.1 Å². The summed E-state index contributed by atoms with van der Waals surface area (Å²) >= 11 is 0. The molecule has 0 amide bonds. The van der Waals surface area contributed by atoms with Gasteiger partial charge in [-0.3, -0.25) is 4.79 Å². The number of hydrogen-bond acceptors (Lipinski definition) is 7. The number of aromatic nitrogens is 5. The Morgan fingerprint density at radius 1 is 1.18 bits per heavy atom. The Hall–Kier alpha value is -3.03. The lowest BCUT2D eigenvalue weighted by molar-refractivity contribution is -0.145. The van der Waals surface area contributed by atoms with Crippen LogP contribution in [0.4, 0.5) is 5.82 Å². The first-order valence-corrected chi connectivity index (χ1v) is 9.74. The Morgan fingerprint density at radius 3 is 2.89 bits per heavy atom. The van der Waals surface area contributed by atoms with E-state index in [1.807, 2.05) is 18.2 Å². The first-order valence-electron chi connectivity index (χ1n) is 9.74. The quantitative estimate of drug-likeness (QED) is 0.697. The van der Waals surface area contributed by atoms with Gasteiger partial charge in [0.15, 0.2) is 11.5 Å². The molecule has 3 aromatic rings. The van der Waals surface area contributed by atoms with Gasteiger partial charge in [-0.25, -0.2) is 19.9 Å². The maximum absolute atomic E-state index is 11.9. The van der Waals surface area contributed by atoms with Crippen molar-refractivity contribution < 1.29 is 9.53 Å². The lowest BCUT2D eigenvalue weighted by Gasteiger charge is -2.32. The van der Waals surface area contributed by atoms with Crippen LogP contribution in [0.3, 0.4) is 0 Å². The highest BCUT2D eigenvalue weighted by Gasteiger charge is 2.28. The number of carbonyl (C=O) groups excluding carboxylic acids is 1. The van der Waals surface area contributed by atoms with E-state index in [1.165, 1.54) is 7.11 Å². The molecular weight excluding hydrogens is 356 g/mol. The maximum atomic E-state index is 11.9. The summed E-state index contributed by atoms with van der Waals surface area (Å²) in [4.78, 5) is 35.7. The van der Waals surface area contributed by atoms with Crippen LogP contribution in [0.1, 0.15) is 37.4 Å². The van der Waals surface area contributed by atoms with E-state index in [9.17, 15) is 4.79 Å². The van der Waals surface area contributed by atoms with Crippen molar-refractivity contribution >= 4 is 23.0 Å². The molecule has 0 bridgehead atoms. The van der Waals surface area contributed by atoms with E-state index < -0.39 is 0 Å². The molecule has 0 unspecified atom stereocenters. The monoisotopic (exact) mass is 378 g/mol. The highest BCUT2D eigenvalue weighted by atomic mass is 16.5.